The molecule has 28 heavy (non-hydrogen) atoms. The lowest BCUT2D eigenvalue weighted by Gasteiger charge is -2.32. The van der Waals surface area contributed by atoms with Gasteiger partial charge in [-0.25, -0.2) is 14.2 Å². The van der Waals surface area contributed by atoms with E-state index in [2.05, 4.69) is 10.3 Å². The SMILES string of the molecule is Cc1ccc(NC(=O)N2CCC(n3cnc4ccc(F)cc4c3=O)CC2)cc1. The van der Waals surface area contributed by atoms with E-state index in [0.29, 0.717) is 31.4 Å². The number of rotatable bonds is 2. The van der Waals surface area contributed by atoms with E-state index in [1.54, 1.807) is 9.47 Å². The molecule has 1 N–H and O–H groups in total. The van der Waals surface area contributed by atoms with Gasteiger partial charge < -0.3 is 10.2 Å². The van der Waals surface area contributed by atoms with Crippen LogP contribution in [0.1, 0.15) is 24.4 Å². The van der Waals surface area contributed by atoms with Crippen LogP contribution in [0.15, 0.2) is 53.6 Å². The summed E-state index contributed by atoms with van der Waals surface area (Å²) in [7, 11) is 0. The third-order valence-electron chi connectivity index (χ3n) is 5.19. The maximum absolute atomic E-state index is 13.5. The topological polar surface area (TPSA) is 67.2 Å². The lowest BCUT2D eigenvalue weighted by atomic mass is 10.0. The first-order valence-corrected chi connectivity index (χ1v) is 9.30. The monoisotopic (exact) mass is 380 g/mol. The van der Waals surface area contributed by atoms with E-state index in [4.69, 9.17) is 0 Å². The van der Waals surface area contributed by atoms with Crippen molar-refractivity contribution in [2.75, 3.05) is 18.4 Å². The Hall–Kier alpha value is -3.22. The van der Waals surface area contributed by atoms with E-state index >= 15 is 0 Å². The van der Waals surface area contributed by atoms with Gasteiger partial charge in [0.05, 0.1) is 17.2 Å². The number of likely N-dealkylation sites (tertiary alicyclic amines) is 1. The summed E-state index contributed by atoms with van der Waals surface area (Å²) in [5.41, 5.74) is 2.13. The lowest BCUT2D eigenvalue weighted by molar-refractivity contribution is 0.182. The predicted molar refractivity (Wildman–Crippen MR) is 106 cm³/mol. The minimum Gasteiger partial charge on any atom is -0.324 e. The molecule has 1 fully saturated rings. The second-order valence-corrected chi connectivity index (χ2v) is 7.13. The van der Waals surface area contributed by atoms with Crippen molar-refractivity contribution in [3.8, 4) is 0 Å². The molecular weight excluding hydrogens is 359 g/mol. The molecular formula is C21H21FN4O2. The first kappa shape index (κ1) is 18.2. The van der Waals surface area contributed by atoms with Crippen LogP contribution < -0.4 is 10.9 Å². The molecule has 144 valence electrons. The number of nitrogens with zero attached hydrogens (tertiary/aromatic N) is 3. The summed E-state index contributed by atoms with van der Waals surface area (Å²) in [4.78, 5) is 31.2. The van der Waals surface area contributed by atoms with Crippen molar-refractivity contribution in [1.29, 1.82) is 0 Å². The highest BCUT2D eigenvalue weighted by Gasteiger charge is 2.25. The van der Waals surface area contributed by atoms with Crippen LogP contribution in [-0.2, 0) is 0 Å². The Balaban J connectivity index is 1.44. The van der Waals surface area contributed by atoms with E-state index in [-0.39, 0.29) is 23.0 Å². The Bertz CT molecular complexity index is 1070. The smallest absolute Gasteiger partial charge is 0.321 e. The van der Waals surface area contributed by atoms with Gasteiger partial charge in [-0.15, -0.1) is 0 Å². The number of nitrogens with one attached hydrogen (secondary N) is 1. The molecule has 0 atom stereocenters. The molecule has 0 aliphatic carbocycles. The van der Waals surface area contributed by atoms with E-state index in [9.17, 15) is 14.0 Å². The number of urea groups is 1. The normalized spacial score (nSPS) is 15.0. The molecule has 1 saturated heterocycles. The number of halogens is 1. The number of carbonyl (C=O) groups excluding carboxylic acids is 1. The molecule has 1 aliphatic heterocycles. The molecule has 2 heterocycles. The minimum absolute atomic E-state index is 0.0592. The van der Waals surface area contributed by atoms with Crippen molar-refractivity contribution >= 4 is 22.6 Å². The van der Waals surface area contributed by atoms with E-state index < -0.39 is 5.82 Å². The number of aryl methyl sites for hydroxylation is 1. The zero-order valence-corrected chi connectivity index (χ0v) is 15.6. The second-order valence-electron chi connectivity index (χ2n) is 7.13. The summed E-state index contributed by atoms with van der Waals surface area (Å²) in [6.45, 7) is 3.07. The molecule has 0 spiro atoms. The summed E-state index contributed by atoms with van der Waals surface area (Å²) in [5.74, 6) is -0.452. The molecule has 6 nitrogen and oxygen atoms in total. The van der Waals surface area contributed by atoms with Crippen molar-refractivity contribution in [3.63, 3.8) is 0 Å². The first-order chi connectivity index (χ1) is 13.5. The Labute approximate surface area is 161 Å². The van der Waals surface area contributed by atoms with Gasteiger partial charge in [0.15, 0.2) is 0 Å². The fourth-order valence-corrected chi connectivity index (χ4v) is 3.55. The molecule has 0 radical (unpaired) electrons. The van der Waals surface area contributed by atoms with Gasteiger partial charge >= 0.3 is 6.03 Å². The number of aromatic nitrogens is 2. The van der Waals surface area contributed by atoms with Crippen LogP contribution in [0.4, 0.5) is 14.9 Å². The number of benzene rings is 2. The minimum atomic E-state index is -0.452. The lowest BCUT2D eigenvalue weighted by Crippen LogP contribution is -2.42. The largest absolute Gasteiger partial charge is 0.324 e. The first-order valence-electron chi connectivity index (χ1n) is 9.30. The summed E-state index contributed by atoms with van der Waals surface area (Å²) >= 11 is 0. The van der Waals surface area contributed by atoms with Crippen LogP contribution in [0.2, 0.25) is 0 Å². The van der Waals surface area contributed by atoms with Crippen molar-refractivity contribution in [3.05, 3.63) is 70.5 Å². The third-order valence-corrected chi connectivity index (χ3v) is 5.19. The van der Waals surface area contributed by atoms with Crippen LogP contribution in [0, 0.1) is 12.7 Å². The Morgan fingerprint density at radius 2 is 1.86 bits per heavy atom. The molecule has 1 aromatic heterocycles. The summed E-state index contributed by atoms with van der Waals surface area (Å²) in [5, 5.41) is 3.18. The van der Waals surface area contributed by atoms with E-state index in [0.717, 1.165) is 11.3 Å². The average molecular weight is 380 g/mol. The number of fused-ring (bicyclic) bond motifs is 1. The van der Waals surface area contributed by atoms with E-state index in [1.807, 2.05) is 31.2 Å². The fourth-order valence-electron chi connectivity index (χ4n) is 3.55. The Morgan fingerprint density at radius 1 is 1.14 bits per heavy atom. The van der Waals surface area contributed by atoms with Gasteiger partial charge in [0.2, 0.25) is 0 Å². The van der Waals surface area contributed by atoms with E-state index in [1.165, 1.54) is 24.5 Å². The van der Waals surface area contributed by atoms with Crippen LogP contribution in [0.5, 0.6) is 0 Å². The fraction of sp³-hybridized carbons (Fsp3) is 0.286. The van der Waals surface area contributed by atoms with Gasteiger partial charge in [-0.3, -0.25) is 9.36 Å². The average Bonchev–Trinajstić information content (AvgIpc) is 2.71. The van der Waals surface area contributed by atoms with Gasteiger partial charge in [0, 0.05) is 24.8 Å². The highest BCUT2D eigenvalue weighted by molar-refractivity contribution is 5.89. The van der Waals surface area contributed by atoms with Crippen molar-refractivity contribution in [2.24, 2.45) is 0 Å². The highest BCUT2D eigenvalue weighted by atomic mass is 19.1. The zero-order chi connectivity index (χ0) is 19.7. The van der Waals surface area contributed by atoms with Gasteiger partial charge in [0.25, 0.3) is 5.56 Å². The maximum atomic E-state index is 13.5. The van der Waals surface area contributed by atoms with Crippen LogP contribution in [-0.4, -0.2) is 33.6 Å². The van der Waals surface area contributed by atoms with Crippen molar-refractivity contribution in [2.45, 2.75) is 25.8 Å². The number of anilines is 1. The predicted octanol–water partition coefficient (Wildman–Crippen LogP) is 3.71. The quantitative estimate of drug-likeness (QED) is 0.737. The molecule has 2 amide bonds. The molecule has 0 unspecified atom stereocenters. The maximum Gasteiger partial charge on any atom is 0.321 e. The van der Waals surface area contributed by atoms with Gasteiger partial charge in [0.1, 0.15) is 5.82 Å². The number of piperidine rings is 1. The van der Waals surface area contributed by atoms with Crippen molar-refractivity contribution in [1.82, 2.24) is 14.5 Å². The Morgan fingerprint density at radius 3 is 2.57 bits per heavy atom. The Kier molecular flexibility index (Phi) is 4.81. The van der Waals surface area contributed by atoms with Gasteiger partial charge in [-0.05, 0) is 50.1 Å². The summed E-state index contributed by atoms with van der Waals surface area (Å²) < 4.78 is 15.1. The standard InChI is InChI=1S/C21H21FN4O2/c1-14-2-5-16(6-3-14)24-21(28)25-10-8-17(9-11-25)26-13-23-19-7-4-15(22)12-18(19)20(26)27/h2-7,12-13,17H,8-11H2,1H3,(H,24,28). The second kappa shape index (κ2) is 7.42. The molecule has 7 heteroatoms. The number of amides is 2. The van der Waals surface area contributed by atoms with Crippen LogP contribution >= 0.6 is 0 Å². The molecule has 2 aromatic carbocycles. The third kappa shape index (κ3) is 3.60. The molecule has 0 saturated carbocycles. The van der Waals surface area contributed by atoms with Crippen LogP contribution in [0.25, 0.3) is 10.9 Å². The van der Waals surface area contributed by atoms with Gasteiger partial charge in [-0.1, -0.05) is 17.7 Å². The molecule has 0 bridgehead atoms. The highest BCUT2D eigenvalue weighted by Crippen LogP contribution is 2.22. The molecule has 4 rings (SSSR count). The number of hydrogen-bond donors (Lipinski definition) is 1. The van der Waals surface area contributed by atoms with Crippen molar-refractivity contribution < 1.29 is 9.18 Å². The number of carbonyl (C=O) groups is 1. The van der Waals surface area contributed by atoms with Gasteiger partial charge in [-0.2, -0.15) is 0 Å². The van der Waals surface area contributed by atoms with Crippen LogP contribution in [0.3, 0.4) is 0 Å². The molecule has 3 aromatic rings. The summed E-state index contributed by atoms with van der Waals surface area (Å²) in [6.07, 6.45) is 2.81. The summed E-state index contributed by atoms with van der Waals surface area (Å²) in [6, 6.07) is 11.5. The number of hydrogen-bond acceptors (Lipinski definition) is 3. The zero-order valence-electron chi connectivity index (χ0n) is 15.6. The molecule has 1 aliphatic rings.